The Kier molecular flexibility index (Phi) is 3.42. The van der Waals surface area contributed by atoms with Gasteiger partial charge in [-0.15, -0.1) is 0 Å². The number of fused-ring (bicyclic) bond motifs is 7. The number of aromatic nitrogens is 1. The van der Waals surface area contributed by atoms with E-state index in [2.05, 4.69) is 52.9 Å². The predicted octanol–water partition coefficient (Wildman–Crippen LogP) is 7.21. The van der Waals surface area contributed by atoms with Crippen LogP contribution in [0.15, 0.2) is 103 Å². The van der Waals surface area contributed by atoms with Crippen molar-refractivity contribution >= 4 is 54.8 Å². The maximum Gasteiger partial charge on any atom is 0.344 e. The van der Waals surface area contributed by atoms with E-state index in [4.69, 9.17) is 4.74 Å². The minimum Gasteiger partial charge on any atom is -0.422 e. The fraction of sp³-hybridized carbons (Fsp3) is 0. The highest BCUT2D eigenvalue weighted by Crippen LogP contribution is 2.40. The lowest BCUT2D eigenvalue weighted by Gasteiger charge is -2.09. The Morgan fingerprint density at radius 1 is 0.594 bits per heavy atom. The number of carbonyl (C=O) groups excluding carboxylic acids is 1. The Labute approximate surface area is 183 Å². The summed E-state index contributed by atoms with van der Waals surface area (Å²) in [6, 6.07) is 34.3. The standard InChI is InChI=1S/C29H17NO2/c31-29(32-26-17-5-9-18-8-1-2-10-19(18)26)23-14-7-16-25-27(23)22-13-6-12-21-20-11-3-4-15-24(20)30(25)28(21)22/h1-17H. The van der Waals surface area contributed by atoms with Crippen molar-refractivity contribution < 1.29 is 9.53 Å². The number of nitrogens with zero attached hydrogens (tertiary/aromatic N) is 1. The summed E-state index contributed by atoms with van der Waals surface area (Å²) in [5.74, 6) is 0.234. The van der Waals surface area contributed by atoms with Gasteiger partial charge < -0.3 is 9.14 Å². The minimum absolute atomic E-state index is 0.342. The molecule has 5 aromatic carbocycles. The lowest BCUT2D eigenvalue weighted by atomic mass is 10.0. The van der Waals surface area contributed by atoms with Crippen LogP contribution >= 0.6 is 0 Å². The Morgan fingerprint density at radius 3 is 2.19 bits per heavy atom. The van der Waals surface area contributed by atoms with Gasteiger partial charge in [0.25, 0.3) is 0 Å². The van der Waals surface area contributed by atoms with Crippen LogP contribution in [0.4, 0.5) is 0 Å². The first-order chi connectivity index (χ1) is 15.8. The molecule has 0 aliphatic rings. The van der Waals surface area contributed by atoms with Crippen LogP contribution in [0.1, 0.15) is 10.4 Å². The molecule has 32 heavy (non-hydrogen) atoms. The average molecular weight is 411 g/mol. The number of benzene rings is 5. The van der Waals surface area contributed by atoms with Crippen LogP contribution in [0, 0.1) is 0 Å². The molecular weight excluding hydrogens is 394 g/mol. The van der Waals surface area contributed by atoms with Crippen molar-refractivity contribution in [1.82, 2.24) is 4.40 Å². The number of esters is 1. The largest absolute Gasteiger partial charge is 0.422 e. The molecule has 3 heteroatoms. The number of hydrogen-bond donors (Lipinski definition) is 0. The summed E-state index contributed by atoms with van der Waals surface area (Å²) in [4.78, 5) is 13.4. The summed E-state index contributed by atoms with van der Waals surface area (Å²) in [7, 11) is 0. The second-order valence-corrected chi connectivity index (χ2v) is 8.12. The Hall–Kier alpha value is -4.37. The van der Waals surface area contributed by atoms with Gasteiger partial charge in [0.1, 0.15) is 5.75 Å². The number of ether oxygens (including phenoxy) is 1. The molecular formula is C29H17NO2. The summed E-state index contributed by atoms with van der Waals surface area (Å²) in [5.41, 5.74) is 3.89. The van der Waals surface area contributed by atoms with Gasteiger partial charge in [-0.25, -0.2) is 4.79 Å². The lowest BCUT2D eigenvalue weighted by molar-refractivity contribution is 0.0739. The summed E-state index contributed by atoms with van der Waals surface area (Å²) in [5, 5.41) is 6.39. The van der Waals surface area contributed by atoms with Gasteiger partial charge >= 0.3 is 5.97 Å². The van der Waals surface area contributed by atoms with Crippen molar-refractivity contribution in [3.63, 3.8) is 0 Å². The third kappa shape index (κ3) is 2.22. The van der Waals surface area contributed by atoms with E-state index in [1.54, 1.807) is 0 Å². The van der Waals surface area contributed by atoms with Crippen LogP contribution < -0.4 is 4.74 Å². The Bertz CT molecular complexity index is 1820. The lowest BCUT2D eigenvalue weighted by Crippen LogP contribution is -2.09. The number of rotatable bonds is 2. The molecule has 0 unspecified atom stereocenters. The summed E-state index contributed by atoms with van der Waals surface area (Å²) >= 11 is 0. The molecule has 0 saturated carbocycles. The second kappa shape index (κ2) is 6.32. The molecule has 0 fully saturated rings. The molecule has 7 aromatic rings. The molecule has 0 amide bonds. The molecule has 0 N–H and O–H groups in total. The third-order valence-electron chi connectivity index (χ3n) is 6.42. The van der Waals surface area contributed by atoms with E-state index >= 15 is 0 Å². The second-order valence-electron chi connectivity index (χ2n) is 8.12. The molecule has 7 rings (SSSR count). The van der Waals surface area contributed by atoms with Crippen molar-refractivity contribution in [2.45, 2.75) is 0 Å². The molecule has 0 bridgehead atoms. The van der Waals surface area contributed by atoms with Crippen LogP contribution in [0.25, 0.3) is 48.9 Å². The van der Waals surface area contributed by atoms with Crippen molar-refractivity contribution in [1.29, 1.82) is 0 Å². The van der Waals surface area contributed by atoms with E-state index in [1.807, 2.05) is 54.6 Å². The topological polar surface area (TPSA) is 30.7 Å². The van der Waals surface area contributed by atoms with Gasteiger partial charge in [0, 0.05) is 26.9 Å². The number of hydrogen-bond acceptors (Lipinski definition) is 2. The molecule has 0 aliphatic carbocycles. The maximum atomic E-state index is 13.4. The molecule has 2 heterocycles. The zero-order chi connectivity index (χ0) is 21.2. The van der Waals surface area contributed by atoms with Crippen LogP contribution in [0.5, 0.6) is 5.75 Å². The first-order valence-corrected chi connectivity index (χ1v) is 10.7. The Morgan fingerprint density at radius 2 is 1.25 bits per heavy atom. The highest BCUT2D eigenvalue weighted by molar-refractivity contribution is 6.26. The number of carbonyl (C=O) groups is 1. The van der Waals surface area contributed by atoms with Crippen molar-refractivity contribution in [3.8, 4) is 5.75 Å². The quantitative estimate of drug-likeness (QED) is 0.222. The zero-order valence-electron chi connectivity index (χ0n) is 17.1. The van der Waals surface area contributed by atoms with Crippen molar-refractivity contribution in [2.75, 3.05) is 0 Å². The van der Waals surface area contributed by atoms with Crippen LogP contribution in [-0.2, 0) is 0 Å². The van der Waals surface area contributed by atoms with E-state index in [0.29, 0.717) is 11.3 Å². The Balaban J connectivity index is 1.49. The van der Waals surface area contributed by atoms with Crippen LogP contribution in [-0.4, -0.2) is 10.4 Å². The van der Waals surface area contributed by atoms with Crippen LogP contribution in [0.2, 0.25) is 0 Å². The molecule has 0 radical (unpaired) electrons. The van der Waals surface area contributed by atoms with Gasteiger partial charge in [0.15, 0.2) is 0 Å². The summed E-state index contributed by atoms with van der Waals surface area (Å²) in [6.45, 7) is 0. The van der Waals surface area contributed by atoms with E-state index < -0.39 is 0 Å². The first kappa shape index (κ1) is 17.3. The van der Waals surface area contributed by atoms with Crippen LogP contribution in [0.3, 0.4) is 0 Å². The van der Waals surface area contributed by atoms with Gasteiger partial charge in [-0.1, -0.05) is 78.9 Å². The SMILES string of the molecule is O=C(Oc1cccc2ccccc12)c1cccc2c1c1cccc3c4ccccc4n2c31. The molecule has 3 nitrogen and oxygen atoms in total. The van der Waals surface area contributed by atoms with Gasteiger partial charge in [0.05, 0.1) is 22.1 Å². The number of para-hydroxylation sites is 2. The molecule has 0 saturated heterocycles. The fourth-order valence-electron chi connectivity index (χ4n) is 5.09. The summed E-state index contributed by atoms with van der Waals surface area (Å²) < 4.78 is 8.22. The molecule has 2 aromatic heterocycles. The third-order valence-corrected chi connectivity index (χ3v) is 6.42. The minimum atomic E-state index is -0.342. The van der Waals surface area contributed by atoms with E-state index in [1.165, 1.54) is 10.8 Å². The molecule has 0 atom stereocenters. The molecule has 0 aliphatic heterocycles. The van der Waals surface area contributed by atoms with E-state index in [-0.39, 0.29) is 5.97 Å². The normalized spacial score (nSPS) is 11.9. The first-order valence-electron chi connectivity index (χ1n) is 10.7. The maximum absolute atomic E-state index is 13.4. The molecule has 0 spiro atoms. The predicted molar refractivity (Wildman–Crippen MR) is 130 cm³/mol. The summed E-state index contributed by atoms with van der Waals surface area (Å²) in [6.07, 6.45) is 0. The smallest absolute Gasteiger partial charge is 0.344 e. The molecule has 150 valence electrons. The average Bonchev–Trinajstić information content (AvgIpc) is 3.36. The van der Waals surface area contributed by atoms with Gasteiger partial charge in [0.2, 0.25) is 0 Å². The van der Waals surface area contributed by atoms with Gasteiger partial charge in [-0.2, -0.15) is 0 Å². The van der Waals surface area contributed by atoms with Gasteiger partial charge in [-0.05, 0) is 29.7 Å². The highest BCUT2D eigenvalue weighted by atomic mass is 16.5. The van der Waals surface area contributed by atoms with Gasteiger partial charge in [-0.3, -0.25) is 0 Å². The highest BCUT2D eigenvalue weighted by Gasteiger charge is 2.22. The van der Waals surface area contributed by atoms with Crippen molar-refractivity contribution in [3.05, 3.63) is 109 Å². The van der Waals surface area contributed by atoms with E-state index in [9.17, 15) is 4.79 Å². The van der Waals surface area contributed by atoms with E-state index in [0.717, 1.165) is 38.1 Å². The zero-order valence-corrected chi connectivity index (χ0v) is 17.1. The van der Waals surface area contributed by atoms with Crippen molar-refractivity contribution in [2.24, 2.45) is 0 Å². The fourth-order valence-corrected chi connectivity index (χ4v) is 5.09. The monoisotopic (exact) mass is 411 g/mol.